The van der Waals surface area contributed by atoms with E-state index >= 15 is 0 Å². The van der Waals surface area contributed by atoms with Gasteiger partial charge in [-0.15, -0.1) is 0 Å². The first-order chi connectivity index (χ1) is 17.3. The molecular weight excluding hydrogens is 460 g/mol. The van der Waals surface area contributed by atoms with Gasteiger partial charge in [0, 0.05) is 17.1 Å². The van der Waals surface area contributed by atoms with E-state index in [0.717, 1.165) is 17.2 Å². The first kappa shape index (κ1) is 22.9. The Hall–Kier alpha value is -4.85. The largest absolute Gasteiger partial charge is 0.497 e. The Labute approximate surface area is 205 Å². The number of aryl methyl sites for hydroxylation is 2. The topological polar surface area (TPSA) is 111 Å². The molecule has 0 spiro atoms. The van der Waals surface area contributed by atoms with Gasteiger partial charge in [0.15, 0.2) is 11.2 Å². The first-order valence-corrected chi connectivity index (χ1v) is 11.2. The summed E-state index contributed by atoms with van der Waals surface area (Å²) in [4.78, 5) is 39.0. The molecule has 0 atom stereocenters. The standard InChI is InChI=1S/C28H22N2O6/c1-15-12-20-21(31)14-24(35-23(20)13-16(15)2)27(32)30-25-19-6-4-5-7-22(19)36-26(25)28(33)29-17-8-10-18(34-3)11-9-17/h4-14H,1-3H3,(H,29,33)(H,30,32). The highest BCUT2D eigenvalue weighted by Gasteiger charge is 2.24. The van der Waals surface area contributed by atoms with E-state index in [1.165, 1.54) is 0 Å². The average Bonchev–Trinajstić information content (AvgIpc) is 3.24. The van der Waals surface area contributed by atoms with E-state index in [1.807, 2.05) is 13.8 Å². The highest BCUT2D eigenvalue weighted by Crippen LogP contribution is 2.32. The Kier molecular flexibility index (Phi) is 5.77. The number of carbonyl (C=O) groups is 2. The van der Waals surface area contributed by atoms with Gasteiger partial charge in [-0.05, 0) is 73.5 Å². The molecule has 5 aromatic rings. The molecule has 0 aliphatic heterocycles. The SMILES string of the molecule is COc1ccc(NC(=O)c2oc3ccccc3c2NC(=O)c2cc(=O)c3cc(C)c(C)cc3o2)cc1. The molecule has 2 amide bonds. The zero-order chi connectivity index (χ0) is 25.4. The van der Waals surface area contributed by atoms with Crippen LogP contribution in [0.25, 0.3) is 21.9 Å². The zero-order valence-electron chi connectivity index (χ0n) is 19.8. The minimum Gasteiger partial charge on any atom is -0.497 e. The fraction of sp³-hybridized carbons (Fsp3) is 0.107. The normalized spacial score (nSPS) is 11.0. The van der Waals surface area contributed by atoms with Crippen LogP contribution in [0.1, 0.15) is 32.2 Å². The third-order valence-electron chi connectivity index (χ3n) is 5.96. The number of para-hydroxylation sites is 1. The molecule has 0 unspecified atom stereocenters. The summed E-state index contributed by atoms with van der Waals surface area (Å²) in [6, 6.07) is 18.3. The highest BCUT2D eigenvalue weighted by molar-refractivity contribution is 6.16. The van der Waals surface area contributed by atoms with Crippen molar-refractivity contribution in [1.82, 2.24) is 0 Å². The van der Waals surface area contributed by atoms with Crippen molar-refractivity contribution >= 4 is 45.1 Å². The molecule has 2 aromatic heterocycles. The number of ether oxygens (including phenoxy) is 1. The molecule has 2 N–H and O–H groups in total. The molecule has 0 saturated carbocycles. The van der Waals surface area contributed by atoms with E-state index in [0.29, 0.717) is 33.4 Å². The van der Waals surface area contributed by atoms with Gasteiger partial charge in [0.05, 0.1) is 12.5 Å². The van der Waals surface area contributed by atoms with Gasteiger partial charge in [-0.3, -0.25) is 14.4 Å². The van der Waals surface area contributed by atoms with Crippen molar-refractivity contribution < 1.29 is 23.2 Å². The Morgan fingerprint density at radius 2 is 1.50 bits per heavy atom. The Morgan fingerprint density at radius 1 is 0.778 bits per heavy atom. The second-order valence-electron chi connectivity index (χ2n) is 8.35. The maximum Gasteiger partial charge on any atom is 0.293 e. The van der Waals surface area contributed by atoms with E-state index < -0.39 is 11.8 Å². The number of methoxy groups -OCH3 is 1. The molecule has 0 aliphatic carbocycles. The molecule has 0 aliphatic rings. The second kappa shape index (κ2) is 9.07. The summed E-state index contributed by atoms with van der Waals surface area (Å²) in [7, 11) is 1.55. The van der Waals surface area contributed by atoms with E-state index in [9.17, 15) is 14.4 Å². The summed E-state index contributed by atoms with van der Waals surface area (Å²) in [6.07, 6.45) is 0. The van der Waals surface area contributed by atoms with Crippen LogP contribution in [0.4, 0.5) is 11.4 Å². The van der Waals surface area contributed by atoms with Crippen LogP contribution in [0.5, 0.6) is 5.75 Å². The van der Waals surface area contributed by atoms with Crippen LogP contribution in [0.3, 0.4) is 0 Å². The summed E-state index contributed by atoms with van der Waals surface area (Å²) in [6.45, 7) is 3.80. The van der Waals surface area contributed by atoms with Gasteiger partial charge in [0.2, 0.25) is 5.76 Å². The number of fused-ring (bicyclic) bond motifs is 2. The number of hydrogen-bond acceptors (Lipinski definition) is 6. The number of furan rings is 1. The maximum atomic E-state index is 13.2. The fourth-order valence-corrected chi connectivity index (χ4v) is 3.89. The van der Waals surface area contributed by atoms with Crippen LogP contribution in [-0.2, 0) is 0 Å². The summed E-state index contributed by atoms with van der Waals surface area (Å²) in [5, 5.41) is 6.38. The monoisotopic (exact) mass is 482 g/mol. The van der Waals surface area contributed by atoms with Crippen LogP contribution in [-0.4, -0.2) is 18.9 Å². The van der Waals surface area contributed by atoms with Crippen LogP contribution in [0.2, 0.25) is 0 Å². The number of anilines is 2. The number of nitrogens with one attached hydrogen (secondary N) is 2. The molecule has 0 bridgehead atoms. The smallest absolute Gasteiger partial charge is 0.293 e. The molecule has 3 aromatic carbocycles. The lowest BCUT2D eigenvalue weighted by Crippen LogP contribution is -2.18. The Bertz CT molecular complexity index is 1700. The van der Waals surface area contributed by atoms with Gasteiger partial charge in [-0.1, -0.05) is 12.1 Å². The molecule has 0 saturated heterocycles. The van der Waals surface area contributed by atoms with Crippen molar-refractivity contribution in [3.05, 3.63) is 99.6 Å². The van der Waals surface area contributed by atoms with Gasteiger partial charge in [0.25, 0.3) is 11.8 Å². The van der Waals surface area contributed by atoms with Crippen molar-refractivity contribution in [1.29, 1.82) is 0 Å². The Morgan fingerprint density at radius 3 is 2.25 bits per heavy atom. The van der Waals surface area contributed by atoms with E-state index in [1.54, 1.807) is 67.8 Å². The molecule has 180 valence electrons. The molecule has 8 nitrogen and oxygen atoms in total. The van der Waals surface area contributed by atoms with Gasteiger partial charge in [-0.2, -0.15) is 0 Å². The third kappa shape index (κ3) is 4.20. The zero-order valence-corrected chi connectivity index (χ0v) is 19.8. The molecule has 8 heteroatoms. The number of benzene rings is 3. The molecule has 5 rings (SSSR count). The fourth-order valence-electron chi connectivity index (χ4n) is 3.89. The van der Waals surface area contributed by atoms with E-state index in [2.05, 4.69) is 10.6 Å². The van der Waals surface area contributed by atoms with E-state index in [4.69, 9.17) is 13.6 Å². The van der Waals surface area contributed by atoms with Crippen LogP contribution in [0, 0.1) is 13.8 Å². The lowest BCUT2D eigenvalue weighted by molar-refractivity contribution is 0.0996. The summed E-state index contributed by atoms with van der Waals surface area (Å²) < 4.78 is 16.7. The molecule has 0 fully saturated rings. The molecule has 36 heavy (non-hydrogen) atoms. The minimum atomic E-state index is -0.683. The first-order valence-electron chi connectivity index (χ1n) is 11.2. The lowest BCUT2D eigenvalue weighted by Gasteiger charge is -2.09. The average molecular weight is 482 g/mol. The number of rotatable bonds is 5. The minimum absolute atomic E-state index is 0.0880. The van der Waals surface area contributed by atoms with Crippen molar-refractivity contribution in [3.63, 3.8) is 0 Å². The Balaban J connectivity index is 1.51. The van der Waals surface area contributed by atoms with Gasteiger partial charge in [-0.25, -0.2) is 0 Å². The predicted octanol–water partition coefficient (Wildman–Crippen LogP) is 5.67. The summed E-state index contributed by atoms with van der Waals surface area (Å²) in [5.41, 5.74) is 2.96. The molecular formula is C28H22N2O6. The van der Waals surface area contributed by atoms with Crippen LogP contribution in [0.15, 0.2) is 80.4 Å². The number of hydrogen-bond donors (Lipinski definition) is 2. The lowest BCUT2D eigenvalue weighted by atomic mass is 10.1. The van der Waals surface area contributed by atoms with Gasteiger partial charge in [0.1, 0.15) is 22.6 Å². The van der Waals surface area contributed by atoms with E-state index in [-0.39, 0.29) is 22.6 Å². The number of carbonyl (C=O) groups excluding carboxylic acids is 2. The van der Waals surface area contributed by atoms with Crippen molar-refractivity contribution in [3.8, 4) is 5.75 Å². The van der Waals surface area contributed by atoms with Gasteiger partial charge >= 0.3 is 0 Å². The third-order valence-corrected chi connectivity index (χ3v) is 5.96. The predicted molar refractivity (Wildman–Crippen MR) is 137 cm³/mol. The highest BCUT2D eigenvalue weighted by atomic mass is 16.5. The summed E-state index contributed by atoms with van der Waals surface area (Å²) in [5.74, 6) is -0.862. The van der Waals surface area contributed by atoms with Crippen molar-refractivity contribution in [2.45, 2.75) is 13.8 Å². The van der Waals surface area contributed by atoms with Crippen molar-refractivity contribution in [2.24, 2.45) is 0 Å². The quantitative estimate of drug-likeness (QED) is 0.334. The van der Waals surface area contributed by atoms with Crippen molar-refractivity contribution in [2.75, 3.05) is 17.7 Å². The molecule has 0 radical (unpaired) electrons. The van der Waals surface area contributed by atoms with Crippen LogP contribution < -0.4 is 20.8 Å². The second-order valence-corrected chi connectivity index (χ2v) is 8.35. The maximum absolute atomic E-state index is 13.2. The number of amides is 2. The summed E-state index contributed by atoms with van der Waals surface area (Å²) >= 11 is 0. The van der Waals surface area contributed by atoms with Crippen LogP contribution >= 0.6 is 0 Å². The molecule has 2 heterocycles. The van der Waals surface area contributed by atoms with Gasteiger partial charge < -0.3 is 24.2 Å².